The molecule has 0 saturated carbocycles. The fourth-order valence-corrected chi connectivity index (χ4v) is 3.69. The Kier molecular flexibility index (Phi) is 5.07. The van der Waals surface area contributed by atoms with Gasteiger partial charge < -0.3 is 10.1 Å². The number of aromatic nitrogens is 1. The van der Waals surface area contributed by atoms with Gasteiger partial charge in [0, 0.05) is 19.3 Å². The minimum absolute atomic E-state index is 0.0645. The van der Waals surface area contributed by atoms with Crippen molar-refractivity contribution in [2.75, 3.05) is 19.7 Å². The Hall–Kier alpha value is -1.87. The first kappa shape index (κ1) is 15.0. The Morgan fingerprint density at radius 3 is 2.86 bits per heavy atom. The van der Waals surface area contributed by atoms with Gasteiger partial charge in [-0.1, -0.05) is 42.1 Å². The number of hydrogen-bond donors (Lipinski definition) is 1. The average molecular weight is 311 g/mol. The number of nitriles is 1. The van der Waals surface area contributed by atoms with Crippen LogP contribution in [-0.4, -0.2) is 30.8 Å². The minimum atomic E-state index is 0.0645. The molecule has 0 aliphatic carbocycles. The molecule has 1 saturated heterocycles. The molecular formula is C17H17N3OS. The molecule has 2 atom stereocenters. The largest absolute Gasteiger partial charge is 0.374 e. The van der Waals surface area contributed by atoms with Crippen molar-refractivity contribution in [1.29, 1.82) is 5.26 Å². The highest BCUT2D eigenvalue weighted by molar-refractivity contribution is 7.99. The second-order valence-electron chi connectivity index (χ2n) is 5.03. The summed E-state index contributed by atoms with van der Waals surface area (Å²) < 4.78 is 5.95. The number of nitrogens with zero attached hydrogens (tertiary/aromatic N) is 2. The van der Waals surface area contributed by atoms with E-state index in [0.29, 0.717) is 12.2 Å². The Labute approximate surface area is 134 Å². The van der Waals surface area contributed by atoms with Crippen LogP contribution in [0.5, 0.6) is 0 Å². The molecule has 0 amide bonds. The number of ether oxygens (including phenoxy) is 1. The van der Waals surface area contributed by atoms with Crippen LogP contribution in [0.2, 0.25) is 0 Å². The van der Waals surface area contributed by atoms with E-state index in [4.69, 9.17) is 4.74 Å². The first-order valence-corrected chi connectivity index (χ1v) is 8.15. The van der Waals surface area contributed by atoms with Crippen LogP contribution in [0.3, 0.4) is 0 Å². The Balaban J connectivity index is 1.90. The van der Waals surface area contributed by atoms with Gasteiger partial charge >= 0.3 is 0 Å². The number of thioether (sulfide) groups is 1. The van der Waals surface area contributed by atoms with Crippen LogP contribution in [0, 0.1) is 11.3 Å². The van der Waals surface area contributed by atoms with Gasteiger partial charge in [0.15, 0.2) is 0 Å². The molecule has 3 rings (SSSR count). The predicted octanol–water partition coefficient (Wildman–Crippen LogP) is 2.78. The third-order valence-corrected chi connectivity index (χ3v) is 4.93. The second kappa shape index (κ2) is 7.41. The van der Waals surface area contributed by atoms with Crippen molar-refractivity contribution in [2.24, 2.45) is 0 Å². The molecule has 22 heavy (non-hydrogen) atoms. The number of nitrogens with one attached hydrogen (secondary N) is 1. The summed E-state index contributed by atoms with van der Waals surface area (Å²) in [6, 6.07) is 16.1. The first-order chi connectivity index (χ1) is 10.9. The smallest absolute Gasteiger partial charge is 0.114 e. The van der Waals surface area contributed by atoms with Gasteiger partial charge in [-0.2, -0.15) is 5.26 Å². The molecule has 0 bridgehead atoms. The summed E-state index contributed by atoms with van der Waals surface area (Å²) >= 11 is 1.60. The lowest BCUT2D eigenvalue weighted by Crippen LogP contribution is -2.41. The van der Waals surface area contributed by atoms with E-state index in [-0.39, 0.29) is 11.4 Å². The lowest BCUT2D eigenvalue weighted by atomic mass is 10.1. The van der Waals surface area contributed by atoms with Crippen molar-refractivity contribution in [2.45, 2.75) is 16.4 Å². The summed E-state index contributed by atoms with van der Waals surface area (Å²) in [6.07, 6.45) is 1.79. The molecule has 1 unspecified atom stereocenters. The monoisotopic (exact) mass is 311 g/mol. The van der Waals surface area contributed by atoms with E-state index in [0.717, 1.165) is 18.1 Å². The van der Waals surface area contributed by atoms with Crippen molar-refractivity contribution < 1.29 is 4.74 Å². The molecule has 1 aliphatic rings. The van der Waals surface area contributed by atoms with Gasteiger partial charge in [0.25, 0.3) is 0 Å². The summed E-state index contributed by atoms with van der Waals surface area (Å²) in [5.41, 5.74) is 1.80. The van der Waals surface area contributed by atoms with Crippen molar-refractivity contribution in [3.63, 3.8) is 0 Å². The maximum Gasteiger partial charge on any atom is 0.114 e. The molecule has 1 aromatic heterocycles. The van der Waals surface area contributed by atoms with Crippen LogP contribution < -0.4 is 5.32 Å². The molecule has 1 aliphatic heterocycles. The Morgan fingerprint density at radius 2 is 2.14 bits per heavy atom. The van der Waals surface area contributed by atoms with Crippen LogP contribution in [0.1, 0.15) is 16.4 Å². The quantitative estimate of drug-likeness (QED) is 0.880. The number of pyridine rings is 1. The fourth-order valence-electron chi connectivity index (χ4n) is 2.47. The number of hydrogen-bond acceptors (Lipinski definition) is 5. The molecule has 5 heteroatoms. The molecular weight excluding hydrogens is 294 g/mol. The van der Waals surface area contributed by atoms with E-state index in [1.165, 1.54) is 5.56 Å². The van der Waals surface area contributed by atoms with E-state index < -0.39 is 0 Å². The molecule has 1 aromatic carbocycles. The lowest BCUT2D eigenvalue weighted by molar-refractivity contribution is 0.0273. The van der Waals surface area contributed by atoms with E-state index in [9.17, 15) is 5.26 Å². The predicted molar refractivity (Wildman–Crippen MR) is 86.6 cm³/mol. The highest BCUT2D eigenvalue weighted by Crippen LogP contribution is 2.39. The summed E-state index contributed by atoms with van der Waals surface area (Å²) in [4.78, 5) is 4.37. The van der Waals surface area contributed by atoms with E-state index in [1.54, 1.807) is 30.1 Å². The van der Waals surface area contributed by atoms with E-state index in [2.05, 4.69) is 28.5 Å². The fraction of sp³-hybridized carbons (Fsp3) is 0.294. The van der Waals surface area contributed by atoms with Crippen molar-refractivity contribution in [3.8, 4) is 6.07 Å². The minimum Gasteiger partial charge on any atom is -0.374 e. The van der Waals surface area contributed by atoms with Crippen LogP contribution in [0.25, 0.3) is 0 Å². The summed E-state index contributed by atoms with van der Waals surface area (Å²) in [6.45, 7) is 2.40. The Morgan fingerprint density at radius 1 is 1.27 bits per heavy atom. The van der Waals surface area contributed by atoms with E-state index >= 15 is 0 Å². The normalized spacial score (nSPS) is 19.3. The van der Waals surface area contributed by atoms with Gasteiger partial charge in [0.05, 0.1) is 23.5 Å². The zero-order valence-corrected chi connectivity index (χ0v) is 12.9. The SMILES string of the molecule is N#Cc1cccnc1S[C@@H](c1ccccc1)C1CNCCO1. The summed E-state index contributed by atoms with van der Waals surface area (Å²) in [5, 5.41) is 13.5. The number of rotatable bonds is 4. The standard InChI is InChI=1S/C17H17N3OS/c18-11-14-7-4-8-20-17(14)22-16(13-5-2-1-3-6-13)15-12-19-9-10-21-15/h1-8,15-16,19H,9-10,12H2/t15?,16-/m0/s1. The van der Waals surface area contributed by atoms with Gasteiger partial charge in [0.1, 0.15) is 11.1 Å². The maximum atomic E-state index is 9.27. The molecule has 1 N–H and O–H groups in total. The van der Waals surface area contributed by atoms with Crippen molar-refractivity contribution >= 4 is 11.8 Å². The first-order valence-electron chi connectivity index (χ1n) is 7.27. The lowest BCUT2D eigenvalue weighted by Gasteiger charge is -2.30. The van der Waals surface area contributed by atoms with Gasteiger partial charge in [-0.25, -0.2) is 4.98 Å². The van der Waals surface area contributed by atoms with Crippen LogP contribution in [-0.2, 0) is 4.74 Å². The van der Waals surface area contributed by atoms with Gasteiger partial charge in [0.2, 0.25) is 0 Å². The molecule has 2 heterocycles. The number of morpholine rings is 1. The molecule has 112 valence electrons. The van der Waals surface area contributed by atoms with E-state index in [1.807, 2.05) is 18.2 Å². The third-order valence-electron chi connectivity index (χ3n) is 3.55. The van der Waals surface area contributed by atoms with Gasteiger partial charge in [-0.3, -0.25) is 0 Å². The highest BCUT2D eigenvalue weighted by atomic mass is 32.2. The third kappa shape index (κ3) is 3.47. The van der Waals surface area contributed by atoms with Crippen LogP contribution in [0.4, 0.5) is 0 Å². The topological polar surface area (TPSA) is 57.9 Å². The van der Waals surface area contributed by atoms with Crippen molar-refractivity contribution in [1.82, 2.24) is 10.3 Å². The maximum absolute atomic E-state index is 9.27. The van der Waals surface area contributed by atoms with Crippen LogP contribution >= 0.6 is 11.8 Å². The average Bonchev–Trinajstić information content (AvgIpc) is 2.61. The molecule has 1 fully saturated rings. The van der Waals surface area contributed by atoms with Crippen LogP contribution in [0.15, 0.2) is 53.7 Å². The molecule has 0 spiro atoms. The summed E-state index contributed by atoms with van der Waals surface area (Å²) in [7, 11) is 0. The highest BCUT2D eigenvalue weighted by Gasteiger charge is 2.28. The summed E-state index contributed by atoms with van der Waals surface area (Å²) in [5.74, 6) is 0. The van der Waals surface area contributed by atoms with Gasteiger partial charge in [-0.15, -0.1) is 0 Å². The second-order valence-corrected chi connectivity index (χ2v) is 6.16. The van der Waals surface area contributed by atoms with Gasteiger partial charge in [-0.05, 0) is 17.7 Å². The molecule has 2 aromatic rings. The number of benzene rings is 1. The zero-order chi connectivity index (χ0) is 15.2. The Bertz CT molecular complexity index is 650. The molecule has 0 radical (unpaired) electrons. The molecule has 4 nitrogen and oxygen atoms in total. The zero-order valence-electron chi connectivity index (χ0n) is 12.1. The van der Waals surface area contributed by atoms with Crippen molar-refractivity contribution in [3.05, 3.63) is 59.8 Å².